The number of nitrogens with zero attached hydrogens (tertiary/aromatic N) is 2. The molecule has 0 fully saturated rings. The molecular weight excluding hydrogens is 241 g/mol. The Balaban J connectivity index is 2.25. The van der Waals surface area contributed by atoms with Gasteiger partial charge in [0.1, 0.15) is 11.6 Å². The van der Waals surface area contributed by atoms with Crippen molar-refractivity contribution in [3.05, 3.63) is 42.5 Å². The summed E-state index contributed by atoms with van der Waals surface area (Å²) in [5.41, 5.74) is 1.68. The monoisotopic (exact) mass is 261 g/mol. The number of rotatable bonds is 7. The van der Waals surface area contributed by atoms with Crippen molar-refractivity contribution in [1.29, 1.82) is 0 Å². The molecule has 1 N–H and O–H groups in total. The molecule has 0 radical (unpaired) electrons. The van der Waals surface area contributed by atoms with Gasteiger partial charge in [0.2, 0.25) is 0 Å². The molecule has 1 aromatic heterocycles. The zero-order valence-corrected chi connectivity index (χ0v) is 11.3. The third kappa shape index (κ3) is 3.20. The number of imidazole rings is 1. The third-order valence-electron chi connectivity index (χ3n) is 3.05. The first kappa shape index (κ1) is 13.7. The summed E-state index contributed by atoms with van der Waals surface area (Å²) in [4.78, 5) is 4.52. The van der Waals surface area contributed by atoms with Gasteiger partial charge in [0, 0.05) is 25.6 Å². The van der Waals surface area contributed by atoms with E-state index in [0.717, 1.165) is 37.3 Å². The second kappa shape index (κ2) is 6.48. The minimum absolute atomic E-state index is 0.244. The molecule has 0 spiro atoms. The van der Waals surface area contributed by atoms with Crippen molar-refractivity contribution < 1.29 is 4.39 Å². The van der Waals surface area contributed by atoms with E-state index in [9.17, 15) is 4.39 Å². The molecule has 1 aromatic carbocycles. The SMILES string of the molecule is C=CCn1c(CCNCCC)nc2cc(F)ccc21. The largest absolute Gasteiger partial charge is 0.324 e. The number of hydrogen-bond acceptors (Lipinski definition) is 2. The van der Waals surface area contributed by atoms with Crippen molar-refractivity contribution in [3.63, 3.8) is 0 Å². The molecule has 0 aliphatic rings. The summed E-state index contributed by atoms with van der Waals surface area (Å²) in [6.45, 7) is 8.51. The average molecular weight is 261 g/mol. The third-order valence-corrected chi connectivity index (χ3v) is 3.05. The van der Waals surface area contributed by atoms with E-state index in [-0.39, 0.29) is 5.82 Å². The lowest BCUT2D eigenvalue weighted by Gasteiger charge is -2.07. The lowest BCUT2D eigenvalue weighted by molar-refractivity contribution is 0.629. The molecule has 0 aliphatic heterocycles. The number of allylic oxidation sites excluding steroid dienone is 1. The number of benzene rings is 1. The molecule has 0 atom stereocenters. The van der Waals surface area contributed by atoms with Crippen LogP contribution in [-0.4, -0.2) is 22.6 Å². The highest BCUT2D eigenvalue weighted by molar-refractivity contribution is 5.76. The summed E-state index contributed by atoms with van der Waals surface area (Å²) in [5, 5.41) is 3.36. The van der Waals surface area contributed by atoms with Crippen LogP contribution >= 0.6 is 0 Å². The van der Waals surface area contributed by atoms with E-state index in [1.165, 1.54) is 12.1 Å². The molecule has 0 unspecified atom stereocenters. The lowest BCUT2D eigenvalue weighted by Crippen LogP contribution is -2.19. The zero-order valence-electron chi connectivity index (χ0n) is 11.3. The Labute approximate surface area is 113 Å². The number of aromatic nitrogens is 2. The first-order valence-corrected chi connectivity index (χ1v) is 6.72. The Morgan fingerprint density at radius 3 is 3.00 bits per heavy atom. The lowest BCUT2D eigenvalue weighted by atomic mass is 10.3. The Morgan fingerprint density at radius 1 is 1.42 bits per heavy atom. The Morgan fingerprint density at radius 2 is 2.26 bits per heavy atom. The van der Waals surface area contributed by atoms with E-state index >= 15 is 0 Å². The maximum absolute atomic E-state index is 13.2. The van der Waals surface area contributed by atoms with Gasteiger partial charge < -0.3 is 9.88 Å². The first-order valence-electron chi connectivity index (χ1n) is 6.72. The van der Waals surface area contributed by atoms with Crippen molar-refractivity contribution >= 4 is 11.0 Å². The summed E-state index contributed by atoms with van der Waals surface area (Å²) < 4.78 is 15.3. The van der Waals surface area contributed by atoms with Crippen molar-refractivity contribution in [2.24, 2.45) is 0 Å². The molecule has 1 heterocycles. The van der Waals surface area contributed by atoms with Gasteiger partial charge in [0.15, 0.2) is 0 Å². The van der Waals surface area contributed by atoms with E-state index in [0.29, 0.717) is 12.1 Å². The Hall–Kier alpha value is -1.68. The second-order valence-electron chi connectivity index (χ2n) is 4.56. The minimum Gasteiger partial charge on any atom is -0.324 e. The molecular formula is C15H20FN3. The summed E-state index contributed by atoms with van der Waals surface area (Å²) in [6, 6.07) is 4.74. The quantitative estimate of drug-likeness (QED) is 0.613. The van der Waals surface area contributed by atoms with Crippen molar-refractivity contribution in [2.75, 3.05) is 13.1 Å². The normalized spacial score (nSPS) is 11.1. The van der Waals surface area contributed by atoms with Gasteiger partial charge >= 0.3 is 0 Å². The van der Waals surface area contributed by atoms with Crippen LogP contribution in [0.15, 0.2) is 30.9 Å². The zero-order chi connectivity index (χ0) is 13.7. The van der Waals surface area contributed by atoms with Gasteiger partial charge in [0.25, 0.3) is 0 Å². The van der Waals surface area contributed by atoms with Crippen LogP contribution in [0.5, 0.6) is 0 Å². The molecule has 2 aromatic rings. The van der Waals surface area contributed by atoms with Crippen molar-refractivity contribution in [3.8, 4) is 0 Å². The molecule has 102 valence electrons. The van der Waals surface area contributed by atoms with E-state index < -0.39 is 0 Å². The highest BCUT2D eigenvalue weighted by Crippen LogP contribution is 2.18. The van der Waals surface area contributed by atoms with Crippen LogP contribution in [0.1, 0.15) is 19.2 Å². The molecule has 0 saturated carbocycles. The number of nitrogens with one attached hydrogen (secondary N) is 1. The van der Waals surface area contributed by atoms with Gasteiger partial charge in [-0.25, -0.2) is 9.37 Å². The van der Waals surface area contributed by atoms with Crippen LogP contribution in [0.3, 0.4) is 0 Å². The molecule has 4 heteroatoms. The van der Waals surface area contributed by atoms with Gasteiger partial charge in [-0.2, -0.15) is 0 Å². The van der Waals surface area contributed by atoms with E-state index in [1.807, 2.05) is 6.08 Å². The number of hydrogen-bond donors (Lipinski definition) is 1. The van der Waals surface area contributed by atoms with E-state index in [2.05, 4.69) is 28.4 Å². The maximum atomic E-state index is 13.2. The van der Waals surface area contributed by atoms with Gasteiger partial charge in [-0.15, -0.1) is 6.58 Å². The predicted molar refractivity (Wildman–Crippen MR) is 76.8 cm³/mol. The molecule has 0 saturated heterocycles. The van der Waals surface area contributed by atoms with Crippen LogP contribution < -0.4 is 5.32 Å². The topological polar surface area (TPSA) is 29.9 Å². The van der Waals surface area contributed by atoms with Crippen LogP contribution in [0.4, 0.5) is 4.39 Å². The molecule has 19 heavy (non-hydrogen) atoms. The standard InChI is InChI=1S/C15H20FN3/c1-3-8-17-9-7-15-18-13-11-12(16)5-6-14(13)19(15)10-4-2/h4-6,11,17H,2-3,7-10H2,1H3. The van der Waals surface area contributed by atoms with Crippen LogP contribution in [-0.2, 0) is 13.0 Å². The van der Waals surface area contributed by atoms with Crippen molar-refractivity contribution in [2.45, 2.75) is 26.3 Å². The number of fused-ring (bicyclic) bond motifs is 1. The first-order chi connectivity index (χ1) is 9.26. The fourth-order valence-corrected chi connectivity index (χ4v) is 2.18. The molecule has 0 bridgehead atoms. The second-order valence-corrected chi connectivity index (χ2v) is 4.56. The smallest absolute Gasteiger partial charge is 0.125 e. The fraction of sp³-hybridized carbons (Fsp3) is 0.400. The molecule has 3 nitrogen and oxygen atoms in total. The van der Waals surface area contributed by atoms with Crippen LogP contribution in [0.2, 0.25) is 0 Å². The van der Waals surface area contributed by atoms with Gasteiger partial charge in [-0.1, -0.05) is 13.0 Å². The molecule has 0 aliphatic carbocycles. The van der Waals surface area contributed by atoms with Gasteiger partial charge in [-0.05, 0) is 25.1 Å². The van der Waals surface area contributed by atoms with Crippen LogP contribution in [0.25, 0.3) is 11.0 Å². The van der Waals surface area contributed by atoms with Gasteiger partial charge in [-0.3, -0.25) is 0 Å². The fourth-order valence-electron chi connectivity index (χ4n) is 2.18. The van der Waals surface area contributed by atoms with Gasteiger partial charge in [0.05, 0.1) is 11.0 Å². The highest BCUT2D eigenvalue weighted by Gasteiger charge is 2.10. The summed E-state index contributed by atoms with van der Waals surface area (Å²) in [5.74, 6) is 0.732. The van der Waals surface area contributed by atoms with Crippen LogP contribution in [0, 0.1) is 5.82 Å². The summed E-state index contributed by atoms with van der Waals surface area (Å²) >= 11 is 0. The Kier molecular flexibility index (Phi) is 4.68. The summed E-state index contributed by atoms with van der Waals surface area (Å²) in [6.07, 6.45) is 3.80. The summed E-state index contributed by atoms with van der Waals surface area (Å²) in [7, 11) is 0. The maximum Gasteiger partial charge on any atom is 0.125 e. The molecule has 0 amide bonds. The highest BCUT2D eigenvalue weighted by atomic mass is 19.1. The molecule has 2 rings (SSSR count). The minimum atomic E-state index is -0.244. The predicted octanol–water partition coefficient (Wildman–Crippen LogP) is 2.90. The van der Waals surface area contributed by atoms with E-state index in [4.69, 9.17) is 0 Å². The van der Waals surface area contributed by atoms with Crippen molar-refractivity contribution in [1.82, 2.24) is 14.9 Å². The number of halogens is 1. The average Bonchev–Trinajstić information content (AvgIpc) is 2.73. The van der Waals surface area contributed by atoms with E-state index in [1.54, 1.807) is 6.07 Å². The Bertz CT molecular complexity index is 560.